The zero-order chi connectivity index (χ0) is 14.4. The number of likely N-dealkylation sites (N-methyl/N-ethyl adjacent to an activating group) is 1. The smallest absolute Gasteiger partial charge is 0.414 e. The van der Waals surface area contributed by atoms with E-state index in [2.05, 4.69) is 27.4 Å². The Labute approximate surface area is 113 Å². The van der Waals surface area contributed by atoms with Gasteiger partial charge in [-0.2, -0.15) is 4.37 Å². The Kier molecular flexibility index (Phi) is 5.39. The predicted molar refractivity (Wildman–Crippen MR) is 69.7 cm³/mol. The maximum Gasteiger partial charge on any atom is 0.414 e. The van der Waals surface area contributed by atoms with E-state index in [9.17, 15) is 0 Å². The minimum atomic E-state index is -1.82. The summed E-state index contributed by atoms with van der Waals surface area (Å²) in [6.45, 7) is 2.08. The molecule has 0 fully saturated rings. The van der Waals surface area contributed by atoms with Crippen LogP contribution in [0.5, 0.6) is 0 Å². The Hall–Kier alpha value is -2.00. The number of carboxylic acids is 2. The topological polar surface area (TPSA) is 130 Å². The van der Waals surface area contributed by atoms with E-state index in [0.29, 0.717) is 5.95 Å². The average molecular weight is 286 g/mol. The predicted octanol–water partition coefficient (Wildman–Crippen LogP) is -0.00520. The highest BCUT2D eigenvalue weighted by molar-refractivity contribution is 7.06. The molecule has 1 aromatic heterocycles. The molecule has 19 heavy (non-hydrogen) atoms. The quantitative estimate of drug-likeness (QED) is 0.615. The summed E-state index contributed by atoms with van der Waals surface area (Å²) in [6, 6.07) is 0. The second-order valence-corrected chi connectivity index (χ2v) is 4.58. The van der Waals surface area contributed by atoms with Gasteiger partial charge in [0.15, 0.2) is 0 Å². The molecule has 0 amide bonds. The van der Waals surface area contributed by atoms with Crippen molar-refractivity contribution in [2.75, 3.05) is 25.9 Å². The molecular weight excluding hydrogens is 272 g/mol. The SMILES string of the molecule is CN1CCC=C(c2nc(N)ns2)C1.O=C(O)C(=O)O. The van der Waals surface area contributed by atoms with E-state index in [-0.39, 0.29) is 0 Å². The highest BCUT2D eigenvalue weighted by atomic mass is 32.1. The van der Waals surface area contributed by atoms with Crippen LogP contribution in [-0.4, -0.2) is 56.5 Å². The van der Waals surface area contributed by atoms with E-state index in [1.807, 2.05) is 0 Å². The molecule has 0 atom stereocenters. The number of hydrogen-bond acceptors (Lipinski definition) is 7. The molecule has 4 N–H and O–H groups in total. The van der Waals surface area contributed by atoms with E-state index < -0.39 is 11.9 Å². The van der Waals surface area contributed by atoms with Gasteiger partial charge in [-0.15, -0.1) is 0 Å². The monoisotopic (exact) mass is 286 g/mol. The van der Waals surface area contributed by atoms with Crippen molar-refractivity contribution in [1.82, 2.24) is 14.3 Å². The van der Waals surface area contributed by atoms with Gasteiger partial charge < -0.3 is 20.8 Å². The van der Waals surface area contributed by atoms with Crippen LogP contribution < -0.4 is 5.73 Å². The Bertz CT molecular complexity index is 487. The highest BCUT2D eigenvalue weighted by Gasteiger charge is 2.13. The standard InChI is InChI=1S/C8H12N4S.C2H2O4/c1-12-4-2-3-6(5-12)7-10-8(9)11-13-7;3-1(4)2(5)6/h3H,2,4-5H2,1H3,(H2,9,11);(H,3,4)(H,5,6). The first kappa shape index (κ1) is 15.1. The molecular formula is C10H14N4O4S. The summed E-state index contributed by atoms with van der Waals surface area (Å²) >= 11 is 1.38. The number of aliphatic carboxylic acids is 2. The van der Waals surface area contributed by atoms with Crippen LogP contribution in [0.1, 0.15) is 11.4 Å². The van der Waals surface area contributed by atoms with Crippen LogP contribution in [0.15, 0.2) is 6.08 Å². The maximum atomic E-state index is 9.10. The number of carboxylic acid groups (broad SMARTS) is 2. The Morgan fingerprint density at radius 3 is 2.47 bits per heavy atom. The molecule has 0 saturated carbocycles. The van der Waals surface area contributed by atoms with Crippen LogP contribution >= 0.6 is 11.5 Å². The number of anilines is 1. The molecule has 0 unspecified atom stereocenters. The van der Waals surface area contributed by atoms with Gasteiger partial charge in [0.25, 0.3) is 0 Å². The van der Waals surface area contributed by atoms with Crippen molar-refractivity contribution < 1.29 is 19.8 Å². The molecule has 8 nitrogen and oxygen atoms in total. The van der Waals surface area contributed by atoms with Gasteiger partial charge in [0.1, 0.15) is 5.01 Å². The van der Waals surface area contributed by atoms with Gasteiger partial charge in [-0.25, -0.2) is 14.6 Å². The molecule has 0 radical (unpaired) electrons. The average Bonchev–Trinajstić information content (AvgIpc) is 2.76. The molecule has 9 heteroatoms. The molecule has 2 rings (SSSR count). The normalized spacial score (nSPS) is 15.1. The fraction of sp³-hybridized carbons (Fsp3) is 0.400. The van der Waals surface area contributed by atoms with Crippen LogP contribution in [0.4, 0.5) is 5.95 Å². The van der Waals surface area contributed by atoms with E-state index in [0.717, 1.165) is 24.5 Å². The van der Waals surface area contributed by atoms with Crippen LogP contribution in [0.2, 0.25) is 0 Å². The lowest BCUT2D eigenvalue weighted by molar-refractivity contribution is -0.159. The third-order valence-electron chi connectivity index (χ3n) is 2.24. The number of rotatable bonds is 1. The van der Waals surface area contributed by atoms with E-state index in [4.69, 9.17) is 25.5 Å². The Morgan fingerprint density at radius 1 is 1.42 bits per heavy atom. The summed E-state index contributed by atoms with van der Waals surface area (Å²) in [5.41, 5.74) is 6.72. The van der Waals surface area contributed by atoms with Gasteiger partial charge in [-0.05, 0) is 30.6 Å². The minimum absolute atomic E-state index is 0.383. The molecule has 104 valence electrons. The summed E-state index contributed by atoms with van der Waals surface area (Å²) in [4.78, 5) is 24.6. The van der Waals surface area contributed by atoms with E-state index in [1.165, 1.54) is 17.1 Å². The second-order valence-electron chi connectivity index (χ2n) is 3.82. The van der Waals surface area contributed by atoms with E-state index in [1.54, 1.807) is 0 Å². The summed E-state index contributed by atoms with van der Waals surface area (Å²) in [5.74, 6) is -3.26. The lowest BCUT2D eigenvalue weighted by atomic mass is 10.1. The first-order valence-corrected chi connectivity index (χ1v) is 6.11. The zero-order valence-electron chi connectivity index (χ0n) is 10.2. The zero-order valence-corrected chi connectivity index (χ0v) is 11.1. The van der Waals surface area contributed by atoms with Crippen molar-refractivity contribution in [3.8, 4) is 0 Å². The van der Waals surface area contributed by atoms with Crippen LogP contribution in [0, 0.1) is 0 Å². The third kappa shape index (κ3) is 5.02. The van der Waals surface area contributed by atoms with Gasteiger partial charge in [0, 0.05) is 13.1 Å². The number of carbonyl (C=O) groups is 2. The number of hydrogen-bond donors (Lipinski definition) is 3. The molecule has 0 spiro atoms. The van der Waals surface area contributed by atoms with Crippen molar-refractivity contribution >= 4 is 35.0 Å². The molecule has 0 bridgehead atoms. The molecule has 0 aliphatic carbocycles. The first-order valence-electron chi connectivity index (χ1n) is 5.33. The van der Waals surface area contributed by atoms with Gasteiger partial charge in [0.05, 0.1) is 0 Å². The third-order valence-corrected chi connectivity index (χ3v) is 3.05. The number of nitrogens with zero attached hydrogens (tertiary/aromatic N) is 3. The van der Waals surface area contributed by atoms with Crippen molar-refractivity contribution in [1.29, 1.82) is 0 Å². The number of aromatic nitrogens is 2. The molecule has 0 aromatic carbocycles. The second kappa shape index (κ2) is 6.81. The summed E-state index contributed by atoms with van der Waals surface area (Å²) in [6.07, 6.45) is 3.31. The van der Waals surface area contributed by atoms with Gasteiger partial charge in [-0.3, -0.25) is 0 Å². The lowest BCUT2D eigenvalue weighted by Gasteiger charge is -2.21. The summed E-state index contributed by atoms with van der Waals surface area (Å²) in [7, 11) is 2.11. The van der Waals surface area contributed by atoms with Crippen LogP contribution in [0.25, 0.3) is 5.57 Å². The molecule has 1 aromatic rings. The minimum Gasteiger partial charge on any atom is -0.473 e. The maximum absolute atomic E-state index is 9.10. The molecule has 0 saturated heterocycles. The summed E-state index contributed by atoms with van der Waals surface area (Å²) < 4.78 is 3.97. The van der Waals surface area contributed by atoms with Crippen molar-refractivity contribution in [3.05, 3.63) is 11.1 Å². The van der Waals surface area contributed by atoms with Crippen molar-refractivity contribution in [2.45, 2.75) is 6.42 Å². The Morgan fingerprint density at radius 2 is 2.05 bits per heavy atom. The van der Waals surface area contributed by atoms with Crippen molar-refractivity contribution in [2.24, 2.45) is 0 Å². The fourth-order valence-electron chi connectivity index (χ4n) is 1.41. The largest absolute Gasteiger partial charge is 0.473 e. The fourth-order valence-corrected chi connectivity index (χ4v) is 2.03. The van der Waals surface area contributed by atoms with E-state index >= 15 is 0 Å². The molecule has 2 heterocycles. The van der Waals surface area contributed by atoms with Gasteiger partial charge >= 0.3 is 11.9 Å². The highest BCUT2D eigenvalue weighted by Crippen LogP contribution is 2.21. The Balaban J connectivity index is 0.000000258. The van der Waals surface area contributed by atoms with Crippen LogP contribution in [-0.2, 0) is 9.59 Å². The number of nitrogen functional groups attached to an aromatic ring is 1. The molecule has 1 aliphatic rings. The van der Waals surface area contributed by atoms with Crippen LogP contribution in [0.3, 0.4) is 0 Å². The van der Waals surface area contributed by atoms with Crippen molar-refractivity contribution in [3.63, 3.8) is 0 Å². The molecule has 1 aliphatic heterocycles. The summed E-state index contributed by atoms with van der Waals surface area (Å²) in [5, 5.41) is 15.7. The number of nitrogens with two attached hydrogens (primary N) is 1. The first-order chi connectivity index (χ1) is 8.90. The lowest BCUT2D eigenvalue weighted by Crippen LogP contribution is -2.24. The van der Waals surface area contributed by atoms with Gasteiger partial charge in [0.2, 0.25) is 5.95 Å². The van der Waals surface area contributed by atoms with Gasteiger partial charge in [-0.1, -0.05) is 6.08 Å².